The zero-order valence-corrected chi connectivity index (χ0v) is 18.6. The van der Waals surface area contributed by atoms with Gasteiger partial charge in [0.05, 0.1) is 17.7 Å². The van der Waals surface area contributed by atoms with Crippen LogP contribution in [0, 0.1) is 13.8 Å². The van der Waals surface area contributed by atoms with E-state index < -0.39 is 18.4 Å². The highest BCUT2D eigenvalue weighted by molar-refractivity contribution is 5.83. The molecule has 1 aliphatic rings. The molecule has 168 valence electrons. The van der Waals surface area contributed by atoms with Crippen molar-refractivity contribution in [2.24, 2.45) is 0 Å². The fourth-order valence-corrected chi connectivity index (χ4v) is 3.72. The lowest BCUT2D eigenvalue weighted by molar-refractivity contribution is -0.120. The summed E-state index contributed by atoms with van der Waals surface area (Å²) < 4.78 is 36.0. The van der Waals surface area contributed by atoms with Crippen molar-refractivity contribution in [2.75, 3.05) is 52.9 Å². The molecule has 1 atom stereocenters. The zero-order chi connectivity index (χ0) is 24.9. The van der Waals surface area contributed by atoms with E-state index in [-0.39, 0.29) is 19.6 Å². The van der Waals surface area contributed by atoms with Crippen LogP contribution in [0.5, 0.6) is 11.5 Å². The van der Waals surface area contributed by atoms with Crippen LogP contribution >= 0.6 is 0 Å². The third-order valence-corrected chi connectivity index (χ3v) is 5.51. The number of nitrogens with zero attached hydrogens (tertiary/aromatic N) is 2. The second kappa shape index (κ2) is 11.3. The van der Waals surface area contributed by atoms with Gasteiger partial charge >= 0.3 is 0 Å². The molecule has 6 nitrogen and oxygen atoms in total. The molecule has 0 aromatic heterocycles. The van der Waals surface area contributed by atoms with Crippen LogP contribution in [-0.2, 0) is 11.2 Å². The maximum Gasteiger partial charge on any atom is 0.161 e. The topological polar surface area (TPSA) is 62.2 Å². The summed E-state index contributed by atoms with van der Waals surface area (Å²) in [5, 5.41) is 10.5. The Morgan fingerprint density at radius 1 is 1.06 bits per heavy atom. The SMILES string of the molecule is [2H]C(O)(COc1ccccc1OC)CN1CCN(C([2H])([2H])C(=O)Cc2c(C)cccc2C)CC1. The summed E-state index contributed by atoms with van der Waals surface area (Å²) in [6.45, 7) is 3.14. The summed E-state index contributed by atoms with van der Waals surface area (Å²) >= 11 is 0. The van der Waals surface area contributed by atoms with Crippen LogP contribution in [0.2, 0.25) is 0 Å². The van der Waals surface area contributed by atoms with Crippen molar-refractivity contribution >= 4 is 5.78 Å². The minimum atomic E-state index is -2.08. The van der Waals surface area contributed by atoms with E-state index >= 15 is 0 Å². The van der Waals surface area contributed by atoms with Gasteiger partial charge in [0, 0.05) is 39.1 Å². The number of rotatable bonds is 10. The number of ketones is 1. The van der Waals surface area contributed by atoms with Gasteiger partial charge in [0.1, 0.15) is 12.7 Å². The van der Waals surface area contributed by atoms with Crippen LogP contribution in [0.25, 0.3) is 0 Å². The fraction of sp³-hybridized carbons (Fsp3) is 0.480. The van der Waals surface area contributed by atoms with E-state index in [0.29, 0.717) is 37.7 Å². The van der Waals surface area contributed by atoms with E-state index in [1.807, 2.05) is 43.0 Å². The van der Waals surface area contributed by atoms with Crippen molar-refractivity contribution in [3.8, 4) is 11.5 Å². The highest BCUT2D eigenvalue weighted by Gasteiger charge is 2.21. The summed E-state index contributed by atoms with van der Waals surface area (Å²) in [6, 6.07) is 12.9. The number of hydrogen-bond acceptors (Lipinski definition) is 6. The Kier molecular flexibility index (Phi) is 7.02. The van der Waals surface area contributed by atoms with E-state index in [0.717, 1.165) is 16.7 Å². The van der Waals surface area contributed by atoms with Gasteiger partial charge in [-0.1, -0.05) is 30.3 Å². The average molecular weight is 430 g/mol. The molecule has 6 heteroatoms. The Labute approximate surface area is 189 Å². The van der Waals surface area contributed by atoms with Crippen molar-refractivity contribution in [1.82, 2.24) is 9.80 Å². The smallest absolute Gasteiger partial charge is 0.161 e. The molecule has 2 aromatic carbocycles. The number of carbonyl (C=O) groups excluding carboxylic acids is 1. The second-order valence-electron chi connectivity index (χ2n) is 7.85. The maximum absolute atomic E-state index is 12.9. The predicted molar refractivity (Wildman–Crippen MR) is 122 cm³/mol. The van der Waals surface area contributed by atoms with E-state index in [1.54, 1.807) is 23.1 Å². The molecule has 0 radical (unpaired) electrons. The number of β-amino-alcohol motifs (C(OH)–C–C–N with tert-alkyl or cyclic N) is 1. The Hall–Kier alpha value is -2.41. The van der Waals surface area contributed by atoms with Crippen LogP contribution in [0.15, 0.2) is 42.5 Å². The number of hydrogen-bond donors (Lipinski definition) is 1. The number of benzene rings is 2. The molecule has 1 N–H and O–H groups in total. The number of aliphatic hydroxyl groups is 1. The highest BCUT2D eigenvalue weighted by atomic mass is 16.5. The van der Waals surface area contributed by atoms with Crippen LogP contribution in [0.4, 0.5) is 0 Å². The molecule has 31 heavy (non-hydrogen) atoms. The molecule has 0 saturated carbocycles. The molecule has 2 aromatic rings. The van der Waals surface area contributed by atoms with Crippen molar-refractivity contribution in [1.29, 1.82) is 0 Å². The monoisotopic (exact) mass is 429 g/mol. The Bertz CT molecular complexity index is 972. The van der Waals surface area contributed by atoms with Gasteiger partial charge in [-0.15, -0.1) is 0 Å². The first-order valence-electron chi connectivity index (χ1n) is 12.1. The first kappa shape index (κ1) is 19.3. The van der Waals surface area contributed by atoms with Gasteiger partial charge in [-0.3, -0.25) is 14.6 Å². The Balaban J connectivity index is 1.53. The molecular weight excluding hydrogens is 392 g/mol. The fourth-order valence-electron chi connectivity index (χ4n) is 3.72. The summed E-state index contributed by atoms with van der Waals surface area (Å²) in [5.74, 6) is 0.524. The largest absolute Gasteiger partial charge is 0.493 e. The average Bonchev–Trinajstić information content (AvgIpc) is 2.80. The number of carbonyl (C=O) groups is 1. The summed E-state index contributed by atoms with van der Waals surface area (Å²) in [5.41, 5.74) is 2.85. The maximum atomic E-state index is 12.9. The van der Waals surface area contributed by atoms with Gasteiger partial charge in [-0.05, 0) is 42.7 Å². The number of methoxy groups -OCH3 is 1. The lowest BCUT2D eigenvalue weighted by atomic mass is 9.98. The zero-order valence-electron chi connectivity index (χ0n) is 21.6. The molecule has 0 spiro atoms. The van der Waals surface area contributed by atoms with Gasteiger partial charge in [0.15, 0.2) is 17.3 Å². The first-order chi connectivity index (χ1) is 16.0. The normalized spacial score (nSPS) is 19.0. The van der Waals surface area contributed by atoms with E-state index in [9.17, 15) is 9.90 Å². The summed E-state index contributed by atoms with van der Waals surface area (Å²) in [7, 11) is 1.53. The van der Waals surface area contributed by atoms with Crippen LogP contribution in [0.1, 0.15) is 20.8 Å². The molecule has 0 aliphatic carbocycles. The van der Waals surface area contributed by atoms with E-state index in [1.165, 1.54) is 7.11 Å². The van der Waals surface area contributed by atoms with Gasteiger partial charge in [0.25, 0.3) is 0 Å². The molecule has 1 unspecified atom stereocenters. The molecule has 1 saturated heterocycles. The number of para-hydroxylation sites is 2. The third kappa shape index (κ3) is 6.79. The molecule has 1 fully saturated rings. The van der Waals surface area contributed by atoms with Crippen molar-refractivity contribution in [3.63, 3.8) is 0 Å². The van der Waals surface area contributed by atoms with Gasteiger partial charge in [-0.2, -0.15) is 0 Å². The Morgan fingerprint density at radius 2 is 1.68 bits per heavy atom. The van der Waals surface area contributed by atoms with E-state index in [2.05, 4.69) is 0 Å². The van der Waals surface area contributed by atoms with Crippen LogP contribution in [-0.4, -0.2) is 79.7 Å². The van der Waals surface area contributed by atoms with E-state index in [4.69, 9.17) is 13.6 Å². The Morgan fingerprint density at radius 3 is 2.32 bits per heavy atom. The molecule has 3 rings (SSSR count). The second-order valence-corrected chi connectivity index (χ2v) is 7.85. The van der Waals surface area contributed by atoms with Gasteiger partial charge in [-0.25, -0.2) is 0 Å². The number of ether oxygens (including phenoxy) is 2. The van der Waals surface area contributed by atoms with Crippen LogP contribution in [0.3, 0.4) is 0 Å². The number of piperazine rings is 1. The predicted octanol–water partition coefficient (Wildman–Crippen LogP) is 2.48. The molecule has 0 amide bonds. The molecular formula is C25H34N2O4. The quantitative estimate of drug-likeness (QED) is 0.626. The molecule has 0 bridgehead atoms. The number of aryl methyl sites for hydroxylation is 2. The lowest BCUT2D eigenvalue weighted by Crippen LogP contribution is -2.50. The highest BCUT2D eigenvalue weighted by Crippen LogP contribution is 2.25. The van der Waals surface area contributed by atoms with Crippen molar-refractivity contribution in [3.05, 3.63) is 59.2 Å². The summed E-state index contributed by atoms with van der Waals surface area (Å²) in [4.78, 5) is 16.3. The molecule has 1 heterocycles. The standard InChI is InChI=1S/C25H34N2O4/c1-19-7-6-8-20(2)23(19)15-21(28)16-26-11-13-27(14-12-26)17-22(29)18-31-25-10-5-4-9-24(25)30-3/h4-10,22,29H,11-18H2,1-3H3/i16D2,22D. The van der Waals surface area contributed by atoms with Crippen molar-refractivity contribution in [2.45, 2.75) is 26.3 Å². The minimum Gasteiger partial charge on any atom is -0.493 e. The minimum absolute atomic E-state index is 0.0509. The lowest BCUT2D eigenvalue weighted by Gasteiger charge is -2.35. The third-order valence-electron chi connectivity index (χ3n) is 5.51. The van der Waals surface area contributed by atoms with Gasteiger partial charge in [0.2, 0.25) is 0 Å². The van der Waals surface area contributed by atoms with Crippen molar-refractivity contribution < 1.29 is 23.5 Å². The van der Waals surface area contributed by atoms with Gasteiger partial charge < -0.3 is 14.6 Å². The first-order valence-corrected chi connectivity index (χ1v) is 10.6. The molecule has 1 aliphatic heterocycles. The number of Topliss-reactive ketones (excluding diaryl/α,β-unsaturated/α-hetero) is 1. The summed E-state index contributed by atoms with van der Waals surface area (Å²) in [6.07, 6.45) is -1.79. The van der Waals surface area contributed by atoms with Crippen LogP contribution < -0.4 is 9.47 Å².